The lowest BCUT2D eigenvalue weighted by molar-refractivity contribution is -0.131. The van der Waals surface area contributed by atoms with Gasteiger partial charge in [0.25, 0.3) is 5.91 Å². The second kappa shape index (κ2) is 7.99. The van der Waals surface area contributed by atoms with Crippen molar-refractivity contribution in [1.82, 2.24) is 10.2 Å². The predicted octanol–water partition coefficient (Wildman–Crippen LogP) is 2.54. The first-order chi connectivity index (χ1) is 12.6. The maximum Gasteiger partial charge on any atom is 0.254 e. The molecule has 0 saturated carbocycles. The fraction of sp³-hybridized carbons (Fsp3) is 0.300. The van der Waals surface area contributed by atoms with Crippen LogP contribution in [0, 0.1) is 5.82 Å². The summed E-state index contributed by atoms with van der Waals surface area (Å²) in [6, 6.07) is 11.6. The number of halogens is 1. The van der Waals surface area contributed by atoms with Gasteiger partial charge in [-0.2, -0.15) is 0 Å². The maximum absolute atomic E-state index is 13.6. The van der Waals surface area contributed by atoms with E-state index in [1.165, 1.54) is 23.8 Å². The molecule has 0 radical (unpaired) electrons. The summed E-state index contributed by atoms with van der Waals surface area (Å²) >= 11 is 0. The molecular formula is C20H21FN2O3. The van der Waals surface area contributed by atoms with Gasteiger partial charge in [-0.1, -0.05) is 18.2 Å². The third-order valence-electron chi connectivity index (χ3n) is 4.37. The first-order valence-corrected chi connectivity index (χ1v) is 8.63. The first kappa shape index (κ1) is 17.9. The number of hydrogen-bond donors (Lipinski definition) is 1. The monoisotopic (exact) mass is 356 g/mol. The normalized spacial score (nSPS) is 13.1. The van der Waals surface area contributed by atoms with Crippen LogP contribution >= 0.6 is 0 Å². The molecule has 2 amide bonds. The van der Waals surface area contributed by atoms with E-state index >= 15 is 0 Å². The van der Waals surface area contributed by atoms with Crippen LogP contribution in [0.5, 0.6) is 5.75 Å². The van der Waals surface area contributed by atoms with Gasteiger partial charge in [-0.05, 0) is 48.7 Å². The van der Waals surface area contributed by atoms with E-state index in [2.05, 4.69) is 5.32 Å². The molecule has 2 aromatic carbocycles. The summed E-state index contributed by atoms with van der Waals surface area (Å²) in [6.45, 7) is 3.42. The Morgan fingerprint density at radius 2 is 2.00 bits per heavy atom. The number of ether oxygens (including phenoxy) is 1. The highest BCUT2D eigenvalue weighted by molar-refractivity contribution is 5.96. The van der Waals surface area contributed by atoms with Crippen LogP contribution in [0.2, 0.25) is 0 Å². The van der Waals surface area contributed by atoms with Crippen molar-refractivity contribution in [3.05, 3.63) is 65.0 Å². The Bertz CT molecular complexity index is 822. The molecule has 0 aliphatic carbocycles. The van der Waals surface area contributed by atoms with Crippen molar-refractivity contribution in [3.8, 4) is 5.75 Å². The first-order valence-electron chi connectivity index (χ1n) is 8.63. The zero-order chi connectivity index (χ0) is 18.5. The molecule has 2 aromatic rings. The standard InChI is InChI=1S/C20H21FN2O3/c1-2-26-16-8-7-14-9-10-23(13-15(14)11-16)19(24)12-22-20(25)17-5-3-4-6-18(17)21/h3-8,11H,2,9-10,12-13H2,1H3,(H,22,25). The third-order valence-corrected chi connectivity index (χ3v) is 4.37. The van der Waals surface area contributed by atoms with Crippen LogP contribution in [0.4, 0.5) is 4.39 Å². The largest absolute Gasteiger partial charge is 0.494 e. The lowest BCUT2D eigenvalue weighted by Crippen LogP contribution is -2.42. The summed E-state index contributed by atoms with van der Waals surface area (Å²) in [5.41, 5.74) is 2.19. The van der Waals surface area contributed by atoms with E-state index in [-0.39, 0.29) is 18.0 Å². The quantitative estimate of drug-likeness (QED) is 0.896. The molecule has 26 heavy (non-hydrogen) atoms. The second-order valence-electron chi connectivity index (χ2n) is 6.09. The zero-order valence-electron chi connectivity index (χ0n) is 14.6. The van der Waals surface area contributed by atoms with E-state index in [1.807, 2.05) is 25.1 Å². The Kier molecular flexibility index (Phi) is 5.51. The maximum atomic E-state index is 13.6. The molecule has 0 bridgehead atoms. The average Bonchev–Trinajstić information content (AvgIpc) is 2.66. The Morgan fingerprint density at radius 1 is 1.19 bits per heavy atom. The van der Waals surface area contributed by atoms with Crippen LogP contribution in [-0.2, 0) is 17.8 Å². The highest BCUT2D eigenvalue weighted by Crippen LogP contribution is 2.24. The van der Waals surface area contributed by atoms with Crippen molar-refractivity contribution in [2.24, 2.45) is 0 Å². The lowest BCUT2D eigenvalue weighted by Gasteiger charge is -2.29. The van der Waals surface area contributed by atoms with Gasteiger partial charge in [0.05, 0.1) is 18.7 Å². The molecule has 0 fully saturated rings. The molecule has 5 nitrogen and oxygen atoms in total. The van der Waals surface area contributed by atoms with Gasteiger partial charge in [-0.3, -0.25) is 9.59 Å². The minimum Gasteiger partial charge on any atom is -0.494 e. The van der Waals surface area contributed by atoms with Crippen molar-refractivity contribution in [3.63, 3.8) is 0 Å². The minimum absolute atomic E-state index is 0.0642. The highest BCUT2D eigenvalue weighted by Gasteiger charge is 2.22. The molecule has 3 rings (SSSR count). The summed E-state index contributed by atoms with van der Waals surface area (Å²) in [5, 5.41) is 2.50. The molecular weight excluding hydrogens is 335 g/mol. The number of nitrogens with zero attached hydrogens (tertiary/aromatic N) is 1. The lowest BCUT2D eigenvalue weighted by atomic mass is 9.99. The molecule has 0 atom stereocenters. The Morgan fingerprint density at radius 3 is 2.77 bits per heavy atom. The van der Waals surface area contributed by atoms with Crippen LogP contribution in [0.25, 0.3) is 0 Å². The number of amides is 2. The zero-order valence-corrected chi connectivity index (χ0v) is 14.6. The van der Waals surface area contributed by atoms with Crippen molar-refractivity contribution in [2.75, 3.05) is 19.7 Å². The SMILES string of the molecule is CCOc1ccc2c(c1)CN(C(=O)CNC(=O)c1ccccc1F)CC2. The van der Waals surface area contributed by atoms with Gasteiger partial charge in [-0.15, -0.1) is 0 Å². The second-order valence-corrected chi connectivity index (χ2v) is 6.09. The number of fused-ring (bicyclic) bond motifs is 1. The molecule has 136 valence electrons. The summed E-state index contributed by atoms with van der Waals surface area (Å²) in [4.78, 5) is 26.1. The van der Waals surface area contributed by atoms with Gasteiger partial charge in [0.15, 0.2) is 0 Å². The van der Waals surface area contributed by atoms with Gasteiger partial charge in [0, 0.05) is 13.1 Å². The van der Waals surface area contributed by atoms with E-state index in [0.29, 0.717) is 19.7 Å². The van der Waals surface area contributed by atoms with E-state index < -0.39 is 11.7 Å². The topological polar surface area (TPSA) is 58.6 Å². The molecule has 1 heterocycles. The Balaban J connectivity index is 1.60. The fourth-order valence-corrected chi connectivity index (χ4v) is 3.01. The number of benzene rings is 2. The minimum atomic E-state index is -0.604. The van der Waals surface area contributed by atoms with Gasteiger partial charge in [-0.25, -0.2) is 4.39 Å². The fourth-order valence-electron chi connectivity index (χ4n) is 3.01. The molecule has 0 saturated heterocycles. The molecule has 1 N–H and O–H groups in total. The van der Waals surface area contributed by atoms with Crippen LogP contribution in [0.1, 0.15) is 28.4 Å². The van der Waals surface area contributed by atoms with Crippen molar-refractivity contribution in [1.29, 1.82) is 0 Å². The summed E-state index contributed by atoms with van der Waals surface area (Å²) < 4.78 is 19.1. The summed E-state index contributed by atoms with van der Waals surface area (Å²) in [5.74, 6) is -0.601. The van der Waals surface area contributed by atoms with Crippen molar-refractivity contribution >= 4 is 11.8 Å². The number of nitrogens with one attached hydrogen (secondary N) is 1. The predicted molar refractivity (Wildman–Crippen MR) is 95.5 cm³/mol. The summed E-state index contributed by atoms with van der Waals surface area (Å²) in [6.07, 6.45) is 0.759. The van der Waals surface area contributed by atoms with E-state index in [4.69, 9.17) is 4.74 Å². The molecule has 6 heteroatoms. The average molecular weight is 356 g/mol. The molecule has 0 unspecified atom stereocenters. The number of carbonyl (C=O) groups excluding carboxylic acids is 2. The molecule has 1 aliphatic heterocycles. The van der Waals surface area contributed by atoms with Gasteiger partial charge >= 0.3 is 0 Å². The molecule has 0 spiro atoms. The van der Waals surface area contributed by atoms with E-state index in [9.17, 15) is 14.0 Å². The van der Waals surface area contributed by atoms with Gasteiger partial charge < -0.3 is 15.0 Å². The number of carbonyl (C=O) groups is 2. The summed E-state index contributed by atoms with van der Waals surface area (Å²) in [7, 11) is 0. The van der Waals surface area contributed by atoms with Crippen LogP contribution in [-0.4, -0.2) is 36.4 Å². The highest BCUT2D eigenvalue weighted by atomic mass is 19.1. The smallest absolute Gasteiger partial charge is 0.254 e. The van der Waals surface area contributed by atoms with Crippen molar-refractivity contribution in [2.45, 2.75) is 19.9 Å². The molecule has 1 aliphatic rings. The van der Waals surface area contributed by atoms with Crippen molar-refractivity contribution < 1.29 is 18.7 Å². The van der Waals surface area contributed by atoms with Gasteiger partial charge in [0.2, 0.25) is 5.91 Å². The number of hydrogen-bond acceptors (Lipinski definition) is 3. The molecule has 0 aromatic heterocycles. The Labute approximate surface area is 151 Å². The van der Waals surface area contributed by atoms with Crippen LogP contribution < -0.4 is 10.1 Å². The van der Waals surface area contributed by atoms with E-state index in [0.717, 1.165) is 17.7 Å². The number of rotatable bonds is 5. The Hall–Kier alpha value is -2.89. The van der Waals surface area contributed by atoms with Crippen LogP contribution in [0.15, 0.2) is 42.5 Å². The third kappa shape index (κ3) is 4.02. The van der Waals surface area contributed by atoms with E-state index in [1.54, 1.807) is 11.0 Å². The van der Waals surface area contributed by atoms with Crippen LogP contribution in [0.3, 0.4) is 0 Å². The van der Waals surface area contributed by atoms with Gasteiger partial charge in [0.1, 0.15) is 11.6 Å².